The Morgan fingerprint density at radius 3 is 2.25 bits per heavy atom. The van der Waals surface area contributed by atoms with Gasteiger partial charge in [0.15, 0.2) is 19.7 Å². The first-order chi connectivity index (χ1) is 13.0. The van der Waals surface area contributed by atoms with Crippen molar-refractivity contribution in [1.82, 2.24) is 4.31 Å². The molecule has 1 unspecified atom stereocenters. The highest BCUT2D eigenvalue weighted by atomic mass is 32.2. The number of benzene rings is 1. The van der Waals surface area contributed by atoms with Gasteiger partial charge in [-0.2, -0.15) is 4.31 Å². The van der Waals surface area contributed by atoms with E-state index in [-0.39, 0.29) is 41.1 Å². The Balaban J connectivity index is 2.13. The van der Waals surface area contributed by atoms with Crippen LogP contribution in [-0.2, 0) is 29.7 Å². The number of sulfone groups is 2. The lowest BCUT2D eigenvalue weighted by atomic mass is 10.2. The second-order valence-corrected chi connectivity index (χ2v) is 13.3. The van der Waals surface area contributed by atoms with E-state index >= 15 is 0 Å². The Morgan fingerprint density at radius 1 is 1.11 bits per heavy atom. The van der Waals surface area contributed by atoms with Crippen LogP contribution in [0.15, 0.2) is 29.2 Å². The molecule has 0 N–H and O–H groups in total. The van der Waals surface area contributed by atoms with Crippen molar-refractivity contribution in [2.75, 3.05) is 36.2 Å². The summed E-state index contributed by atoms with van der Waals surface area (Å²) in [7, 11) is -10.2. The molecule has 1 aliphatic rings. The van der Waals surface area contributed by atoms with Crippen LogP contribution in [0.1, 0.15) is 26.7 Å². The molecule has 1 aromatic rings. The van der Waals surface area contributed by atoms with Gasteiger partial charge < -0.3 is 4.74 Å². The number of nitrogens with zero attached hydrogens (tertiary/aromatic N) is 1. The van der Waals surface area contributed by atoms with Crippen LogP contribution < -0.4 is 4.74 Å². The molecule has 1 fully saturated rings. The van der Waals surface area contributed by atoms with Crippen molar-refractivity contribution < 1.29 is 30.0 Å². The summed E-state index contributed by atoms with van der Waals surface area (Å²) < 4.78 is 79.2. The lowest BCUT2D eigenvalue weighted by Crippen LogP contribution is -2.41. The molecule has 0 amide bonds. The first kappa shape index (κ1) is 23.1. The first-order valence-corrected chi connectivity index (χ1v) is 14.2. The van der Waals surface area contributed by atoms with E-state index in [1.807, 2.05) is 6.92 Å². The number of sulfonamides is 1. The second kappa shape index (κ2) is 9.10. The number of hydrogen-bond acceptors (Lipinski definition) is 7. The molecule has 0 aliphatic carbocycles. The van der Waals surface area contributed by atoms with Crippen molar-refractivity contribution in [2.24, 2.45) is 0 Å². The van der Waals surface area contributed by atoms with Crippen LogP contribution in [0.25, 0.3) is 0 Å². The van der Waals surface area contributed by atoms with E-state index in [1.165, 1.54) is 28.6 Å². The molecular formula is C17H27NO7S3. The van der Waals surface area contributed by atoms with Gasteiger partial charge in [0, 0.05) is 18.3 Å². The summed E-state index contributed by atoms with van der Waals surface area (Å²) in [5, 5.41) is 0. The van der Waals surface area contributed by atoms with Gasteiger partial charge in [-0.15, -0.1) is 0 Å². The molecule has 0 saturated carbocycles. The monoisotopic (exact) mass is 453 g/mol. The maximum absolute atomic E-state index is 13.0. The Bertz CT molecular complexity index is 968. The molecule has 160 valence electrons. The van der Waals surface area contributed by atoms with E-state index in [1.54, 1.807) is 6.92 Å². The second-order valence-electron chi connectivity index (χ2n) is 6.73. The van der Waals surface area contributed by atoms with Crippen molar-refractivity contribution in [1.29, 1.82) is 0 Å². The van der Waals surface area contributed by atoms with E-state index in [2.05, 4.69) is 0 Å². The zero-order chi connectivity index (χ0) is 21.0. The zero-order valence-electron chi connectivity index (χ0n) is 16.1. The van der Waals surface area contributed by atoms with Gasteiger partial charge in [0.1, 0.15) is 12.4 Å². The van der Waals surface area contributed by atoms with Gasteiger partial charge in [0.05, 0.1) is 22.2 Å². The van der Waals surface area contributed by atoms with Crippen molar-refractivity contribution in [3.8, 4) is 5.75 Å². The number of rotatable bonds is 10. The molecule has 1 saturated heterocycles. The minimum Gasteiger partial charge on any atom is -0.493 e. The SMILES string of the molecule is CCCN(C1CCS(=O)(=O)C1)S(=O)(=O)c1ccc(OCCS(=O)(=O)CC)cc1. The molecule has 8 nitrogen and oxygen atoms in total. The molecular weight excluding hydrogens is 426 g/mol. The van der Waals surface area contributed by atoms with Crippen LogP contribution in [0.4, 0.5) is 0 Å². The normalized spacial score (nSPS) is 19.8. The topological polar surface area (TPSA) is 115 Å². The molecule has 0 aromatic heterocycles. The van der Waals surface area contributed by atoms with Crippen LogP contribution in [0.2, 0.25) is 0 Å². The maximum atomic E-state index is 13.0. The zero-order valence-corrected chi connectivity index (χ0v) is 18.5. The summed E-state index contributed by atoms with van der Waals surface area (Å²) >= 11 is 0. The first-order valence-electron chi connectivity index (χ1n) is 9.16. The van der Waals surface area contributed by atoms with Crippen LogP contribution in [0, 0.1) is 0 Å². The van der Waals surface area contributed by atoms with Gasteiger partial charge in [-0.25, -0.2) is 25.3 Å². The Hall–Kier alpha value is -1.17. The van der Waals surface area contributed by atoms with Gasteiger partial charge in [0.2, 0.25) is 10.0 Å². The maximum Gasteiger partial charge on any atom is 0.243 e. The molecule has 2 rings (SSSR count). The van der Waals surface area contributed by atoms with Crippen LogP contribution in [0.3, 0.4) is 0 Å². The van der Waals surface area contributed by atoms with Crippen molar-refractivity contribution in [3.05, 3.63) is 24.3 Å². The quantitative estimate of drug-likeness (QED) is 0.521. The van der Waals surface area contributed by atoms with E-state index in [0.29, 0.717) is 18.6 Å². The fourth-order valence-corrected chi connectivity index (χ4v) is 7.19. The van der Waals surface area contributed by atoms with Crippen LogP contribution >= 0.6 is 0 Å². The third kappa shape index (κ3) is 5.91. The van der Waals surface area contributed by atoms with Crippen molar-refractivity contribution >= 4 is 29.7 Å². The number of ether oxygens (including phenoxy) is 1. The van der Waals surface area contributed by atoms with Gasteiger partial charge in [-0.1, -0.05) is 13.8 Å². The molecule has 1 aliphatic heterocycles. The summed E-state index contributed by atoms with van der Waals surface area (Å²) in [6.45, 7) is 3.64. The summed E-state index contributed by atoms with van der Waals surface area (Å²) in [4.78, 5) is 0.0544. The van der Waals surface area contributed by atoms with Crippen LogP contribution in [-0.4, -0.2) is 71.8 Å². The standard InChI is InChI=1S/C17H27NO7S3/c1-3-10-18(15-9-12-27(21,22)14-15)28(23,24)17-7-5-16(6-8-17)25-11-13-26(19,20)4-2/h5-8,15H,3-4,9-14H2,1-2H3. The van der Waals surface area contributed by atoms with Gasteiger partial charge >= 0.3 is 0 Å². The highest BCUT2D eigenvalue weighted by Gasteiger charge is 2.38. The minimum atomic E-state index is -3.84. The highest BCUT2D eigenvalue weighted by Crippen LogP contribution is 2.26. The Labute approximate surface area is 167 Å². The summed E-state index contributed by atoms with van der Waals surface area (Å²) in [5.41, 5.74) is 0. The van der Waals surface area contributed by atoms with Crippen molar-refractivity contribution in [2.45, 2.75) is 37.6 Å². The lowest BCUT2D eigenvalue weighted by molar-refractivity contribution is 0.338. The molecule has 1 atom stereocenters. The number of hydrogen-bond donors (Lipinski definition) is 0. The summed E-state index contributed by atoms with van der Waals surface area (Å²) in [5.74, 6) is 0.151. The summed E-state index contributed by atoms with van der Waals surface area (Å²) in [6, 6.07) is 5.18. The minimum absolute atomic E-state index is 0.000840. The van der Waals surface area contributed by atoms with Crippen molar-refractivity contribution in [3.63, 3.8) is 0 Å². The average molecular weight is 454 g/mol. The molecule has 0 bridgehead atoms. The fourth-order valence-electron chi connectivity index (χ4n) is 3.00. The predicted octanol–water partition coefficient (Wildman–Crippen LogP) is 1.09. The van der Waals surface area contributed by atoms with E-state index in [4.69, 9.17) is 4.74 Å². The summed E-state index contributed by atoms with van der Waals surface area (Å²) in [6.07, 6.45) is 0.873. The fraction of sp³-hybridized carbons (Fsp3) is 0.647. The molecule has 11 heteroatoms. The van der Waals surface area contributed by atoms with E-state index in [0.717, 1.165) is 0 Å². The lowest BCUT2D eigenvalue weighted by Gasteiger charge is -2.27. The van der Waals surface area contributed by atoms with Gasteiger partial charge in [0.25, 0.3) is 0 Å². The Morgan fingerprint density at radius 2 is 1.75 bits per heavy atom. The van der Waals surface area contributed by atoms with E-state index < -0.39 is 35.7 Å². The molecule has 0 radical (unpaired) electrons. The Kier molecular flexibility index (Phi) is 7.51. The molecule has 0 spiro atoms. The average Bonchev–Trinajstić information content (AvgIpc) is 2.99. The highest BCUT2D eigenvalue weighted by molar-refractivity contribution is 7.92. The molecule has 1 aromatic carbocycles. The van der Waals surface area contributed by atoms with Gasteiger partial charge in [-0.3, -0.25) is 0 Å². The molecule has 28 heavy (non-hydrogen) atoms. The van der Waals surface area contributed by atoms with E-state index in [9.17, 15) is 25.3 Å². The van der Waals surface area contributed by atoms with Crippen LogP contribution in [0.5, 0.6) is 5.75 Å². The smallest absolute Gasteiger partial charge is 0.243 e. The van der Waals surface area contributed by atoms with Gasteiger partial charge in [-0.05, 0) is 37.1 Å². The third-order valence-corrected chi connectivity index (χ3v) is 9.98. The molecule has 1 heterocycles. The largest absolute Gasteiger partial charge is 0.493 e. The predicted molar refractivity (Wildman–Crippen MR) is 108 cm³/mol. The third-order valence-electron chi connectivity index (χ3n) is 4.59.